The fraction of sp³-hybridized carbons (Fsp3) is 0.464. The Hall–Kier alpha value is -2.07. The zero-order chi connectivity index (χ0) is 29.5. The lowest BCUT2D eigenvalue weighted by Crippen LogP contribution is -2.55. The summed E-state index contributed by atoms with van der Waals surface area (Å²) in [6.07, 6.45) is 0.0749. The molecule has 5 rings (SSSR count). The van der Waals surface area contributed by atoms with Gasteiger partial charge in [0.15, 0.2) is 0 Å². The van der Waals surface area contributed by atoms with Crippen LogP contribution in [0.3, 0.4) is 0 Å². The summed E-state index contributed by atoms with van der Waals surface area (Å²) in [6.45, 7) is 7.62. The lowest BCUT2D eigenvalue weighted by atomic mass is 9.72. The predicted octanol–water partition coefficient (Wildman–Crippen LogP) is 5.68. The zero-order valence-corrected chi connectivity index (χ0v) is 25.3. The lowest BCUT2D eigenvalue weighted by molar-refractivity contribution is -0.153. The number of fused-ring (bicyclic) bond motifs is 4. The number of carbonyl (C=O) groups excluding carboxylic acids is 2. The van der Waals surface area contributed by atoms with Crippen LogP contribution in [0.2, 0.25) is 20.1 Å². The Bertz CT molecular complexity index is 1420. The number of aliphatic carboxylic acids is 1. The fourth-order valence-electron chi connectivity index (χ4n) is 6.69. The van der Waals surface area contributed by atoms with Gasteiger partial charge in [-0.25, -0.2) is 0 Å². The van der Waals surface area contributed by atoms with E-state index in [4.69, 9.17) is 46.4 Å². The number of hydrogen-bond donors (Lipinski definition) is 3. The molecule has 2 amide bonds. The average molecular weight is 629 g/mol. The summed E-state index contributed by atoms with van der Waals surface area (Å²) >= 11 is 25.4. The van der Waals surface area contributed by atoms with Crippen LogP contribution in [-0.4, -0.2) is 57.6 Å². The first-order valence-corrected chi connectivity index (χ1v) is 14.3. The molecule has 3 N–H and O–H groups in total. The highest BCUT2D eigenvalue weighted by molar-refractivity contribution is 6.38. The number of carboxylic acids is 1. The highest BCUT2D eigenvalue weighted by Gasteiger charge is 2.73. The molecule has 2 aromatic carbocycles. The molecule has 8 nitrogen and oxygen atoms in total. The first-order chi connectivity index (χ1) is 18.5. The van der Waals surface area contributed by atoms with Crippen molar-refractivity contribution in [1.82, 2.24) is 4.90 Å². The molecular weight excluding hydrogens is 600 g/mol. The van der Waals surface area contributed by atoms with E-state index in [0.29, 0.717) is 15.7 Å². The maximum absolute atomic E-state index is 14.7. The number of halogens is 4. The minimum absolute atomic E-state index is 0.0372. The van der Waals surface area contributed by atoms with Gasteiger partial charge in [0.1, 0.15) is 11.5 Å². The smallest absolute Gasteiger partial charge is 0.310 e. The molecule has 5 atom stereocenters. The molecule has 1 spiro atoms. The molecule has 0 aromatic heterocycles. The average Bonchev–Trinajstić information content (AvgIpc) is 3.37. The molecule has 12 heteroatoms. The summed E-state index contributed by atoms with van der Waals surface area (Å²) in [5.41, 5.74) is -2.61. The van der Waals surface area contributed by atoms with E-state index in [1.54, 1.807) is 30.0 Å². The summed E-state index contributed by atoms with van der Waals surface area (Å²) in [7, 11) is 0. The number of carboxylic acid groups (broad SMARTS) is 1. The van der Waals surface area contributed by atoms with Crippen molar-refractivity contribution >= 4 is 75.6 Å². The van der Waals surface area contributed by atoms with E-state index in [1.807, 2.05) is 20.8 Å². The molecule has 3 aliphatic heterocycles. The maximum atomic E-state index is 14.7. The topological polar surface area (TPSA) is 110 Å². The van der Waals surface area contributed by atoms with E-state index < -0.39 is 52.2 Å². The predicted molar refractivity (Wildman–Crippen MR) is 155 cm³/mol. The Morgan fingerprint density at radius 2 is 1.68 bits per heavy atom. The van der Waals surface area contributed by atoms with Crippen molar-refractivity contribution in [2.24, 2.45) is 17.3 Å². The number of rotatable bonds is 4. The van der Waals surface area contributed by atoms with Crippen LogP contribution >= 0.6 is 46.4 Å². The third kappa shape index (κ3) is 4.67. The quantitative estimate of drug-likeness (QED) is 0.402. The molecule has 0 aliphatic carbocycles. The highest BCUT2D eigenvalue weighted by atomic mass is 35.5. The molecule has 3 heterocycles. The van der Waals surface area contributed by atoms with Crippen LogP contribution in [0.5, 0.6) is 0 Å². The van der Waals surface area contributed by atoms with Crippen molar-refractivity contribution in [2.75, 3.05) is 23.3 Å². The summed E-state index contributed by atoms with van der Waals surface area (Å²) in [5.74, 6) is -5.22. The van der Waals surface area contributed by atoms with Crippen molar-refractivity contribution in [3.05, 3.63) is 56.0 Å². The molecule has 2 saturated heterocycles. The van der Waals surface area contributed by atoms with Gasteiger partial charge in [0.2, 0.25) is 5.91 Å². The van der Waals surface area contributed by atoms with E-state index in [1.165, 1.54) is 17.0 Å². The normalized spacial score (nSPS) is 29.4. The second-order valence-electron chi connectivity index (χ2n) is 12.4. The fourth-order valence-corrected chi connectivity index (χ4v) is 7.74. The van der Waals surface area contributed by atoms with Crippen LogP contribution in [0.4, 0.5) is 11.4 Å². The van der Waals surface area contributed by atoms with E-state index in [-0.39, 0.29) is 40.8 Å². The van der Waals surface area contributed by atoms with Crippen LogP contribution in [0.15, 0.2) is 30.3 Å². The molecule has 0 bridgehead atoms. The van der Waals surface area contributed by atoms with Crippen molar-refractivity contribution in [2.45, 2.75) is 51.3 Å². The van der Waals surface area contributed by atoms with Crippen molar-refractivity contribution in [3.63, 3.8) is 0 Å². The largest absolute Gasteiger partial charge is 0.481 e. The summed E-state index contributed by atoms with van der Waals surface area (Å²) in [6, 6.07) is 6.92. The SMILES string of the molecule is CC(C)(C)CN(C(=O)C1C2C[C@](C)(O)CN2[C@]2(C(=O)Nc3c(Cl)cc(Cl)cc32)C1C(=O)O)c1cc(Cl)cc(Cl)c1. The molecule has 0 radical (unpaired) electrons. The van der Waals surface area contributed by atoms with Gasteiger partial charge in [-0.05, 0) is 49.1 Å². The van der Waals surface area contributed by atoms with Crippen LogP contribution in [-0.2, 0) is 19.9 Å². The number of carbonyl (C=O) groups is 3. The molecular formula is C28H29Cl4N3O5. The van der Waals surface area contributed by atoms with E-state index in [2.05, 4.69) is 5.32 Å². The minimum atomic E-state index is -1.83. The molecule has 40 heavy (non-hydrogen) atoms. The maximum Gasteiger partial charge on any atom is 0.310 e. The number of benzene rings is 2. The van der Waals surface area contributed by atoms with Gasteiger partial charge in [-0.2, -0.15) is 0 Å². The Morgan fingerprint density at radius 1 is 1.07 bits per heavy atom. The Labute approximate surface area is 252 Å². The second-order valence-corrected chi connectivity index (χ2v) is 14.1. The number of amides is 2. The van der Waals surface area contributed by atoms with Gasteiger partial charge in [-0.3, -0.25) is 19.3 Å². The minimum Gasteiger partial charge on any atom is -0.481 e. The Kier molecular flexibility index (Phi) is 7.17. The summed E-state index contributed by atoms with van der Waals surface area (Å²) < 4.78 is 0. The number of anilines is 2. The van der Waals surface area contributed by atoms with Gasteiger partial charge in [-0.15, -0.1) is 0 Å². The van der Waals surface area contributed by atoms with Crippen LogP contribution in [0.25, 0.3) is 0 Å². The number of hydrogen-bond acceptors (Lipinski definition) is 5. The zero-order valence-electron chi connectivity index (χ0n) is 22.3. The molecule has 3 aliphatic rings. The highest BCUT2D eigenvalue weighted by Crippen LogP contribution is 2.60. The van der Waals surface area contributed by atoms with Crippen molar-refractivity contribution in [1.29, 1.82) is 0 Å². The van der Waals surface area contributed by atoms with Gasteiger partial charge in [0, 0.05) is 45.5 Å². The van der Waals surface area contributed by atoms with Gasteiger partial charge >= 0.3 is 5.97 Å². The van der Waals surface area contributed by atoms with Crippen LogP contribution in [0, 0.1) is 17.3 Å². The first-order valence-electron chi connectivity index (χ1n) is 12.8. The Morgan fingerprint density at radius 3 is 2.25 bits per heavy atom. The number of nitrogens with one attached hydrogen (secondary N) is 1. The van der Waals surface area contributed by atoms with Gasteiger partial charge in [0.05, 0.1) is 22.2 Å². The van der Waals surface area contributed by atoms with Gasteiger partial charge in [0.25, 0.3) is 5.91 Å². The lowest BCUT2D eigenvalue weighted by Gasteiger charge is -2.37. The molecule has 3 unspecified atom stereocenters. The van der Waals surface area contributed by atoms with Crippen LogP contribution in [0.1, 0.15) is 39.7 Å². The molecule has 214 valence electrons. The van der Waals surface area contributed by atoms with Crippen molar-refractivity contribution in [3.8, 4) is 0 Å². The molecule has 2 fully saturated rings. The second kappa shape index (κ2) is 9.75. The van der Waals surface area contributed by atoms with Crippen molar-refractivity contribution < 1.29 is 24.6 Å². The third-order valence-electron chi connectivity index (χ3n) is 7.90. The number of nitrogens with zero attached hydrogens (tertiary/aromatic N) is 2. The summed E-state index contributed by atoms with van der Waals surface area (Å²) in [4.78, 5) is 45.0. The third-order valence-corrected chi connectivity index (χ3v) is 8.85. The molecule has 2 aromatic rings. The molecule has 0 saturated carbocycles. The van der Waals surface area contributed by atoms with Crippen LogP contribution < -0.4 is 10.2 Å². The van der Waals surface area contributed by atoms with E-state index >= 15 is 0 Å². The Balaban J connectivity index is 1.74. The van der Waals surface area contributed by atoms with Gasteiger partial charge < -0.3 is 20.4 Å². The van der Waals surface area contributed by atoms with E-state index in [0.717, 1.165) is 0 Å². The number of aliphatic hydroxyl groups is 1. The standard InChI is InChI=1S/C28H29Cl4N3O5/c1-26(2,3)11-34(16-6-13(29)5-14(30)7-16)23(36)20-19-10-27(4,40)12-35(19)28(21(20)24(37)38)17-8-15(31)9-18(32)22(17)33-25(28)39/h5-9,19-21,40H,10-12H2,1-4H3,(H,33,39)(H,37,38)/t19?,20?,21?,27-,28-/m0/s1. The van der Waals surface area contributed by atoms with E-state index in [9.17, 15) is 24.6 Å². The first kappa shape index (κ1) is 29.4. The summed E-state index contributed by atoms with van der Waals surface area (Å²) in [5, 5.41) is 25.7. The van der Waals surface area contributed by atoms with Gasteiger partial charge in [-0.1, -0.05) is 67.2 Å². The monoisotopic (exact) mass is 627 g/mol.